The van der Waals surface area contributed by atoms with Gasteiger partial charge in [-0.15, -0.1) is 0 Å². The predicted octanol–water partition coefficient (Wildman–Crippen LogP) is 2.37. The Balaban J connectivity index is 1.40. The molecule has 2 aromatic rings. The highest BCUT2D eigenvalue weighted by atomic mass is 16.5. The molecule has 27 heavy (non-hydrogen) atoms. The molecule has 0 atom stereocenters. The van der Waals surface area contributed by atoms with Crippen LogP contribution in [-0.4, -0.2) is 54.0 Å². The number of nitrogens with one attached hydrogen (secondary N) is 1. The normalized spacial score (nSPS) is 18.9. The molecule has 2 aliphatic rings. The van der Waals surface area contributed by atoms with E-state index in [-0.39, 0.29) is 11.5 Å². The summed E-state index contributed by atoms with van der Waals surface area (Å²) in [5.74, 6) is 1.22. The maximum absolute atomic E-state index is 12.6. The maximum Gasteiger partial charge on any atom is 0.252 e. The third-order valence-electron chi connectivity index (χ3n) is 5.88. The quantitative estimate of drug-likeness (QED) is 0.899. The van der Waals surface area contributed by atoms with E-state index in [0.29, 0.717) is 12.5 Å². The molecule has 0 saturated carbocycles. The zero-order chi connectivity index (χ0) is 18.8. The molecule has 4 rings (SSSR count). The van der Waals surface area contributed by atoms with Crippen LogP contribution < -0.4 is 10.3 Å². The first-order valence-corrected chi connectivity index (χ1v) is 9.85. The number of hydrogen-bond acceptors (Lipinski definition) is 4. The summed E-state index contributed by atoms with van der Waals surface area (Å²) >= 11 is 0. The van der Waals surface area contributed by atoms with Gasteiger partial charge in [0.1, 0.15) is 5.75 Å². The number of rotatable bonds is 4. The number of likely N-dealkylation sites (tertiary alicyclic amines) is 2. The number of fused-ring (bicyclic) bond motifs is 1. The van der Waals surface area contributed by atoms with Gasteiger partial charge in [0.15, 0.2) is 0 Å². The molecular weight excluding hydrogens is 342 g/mol. The second-order valence-electron chi connectivity index (χ2n) is 7.66. The Morgan fingerprint density at radius 1 is 1.15 bits per heavy atom. The zero-order valence-corrected chi connectivity index (χ0v) is 15.9. The standard InChI is InChI=1S/C21H27N3O3/c1-27-18-5-4-16-12-17(20(25)22-19(16)13-18)14-23-10-6-15(7-11-23)21(26)24-8-2-3-9-24/h4-5,12-13,15H,2-3,6-11,14H2,1H3,(H,22,25). The van der Waals surface area contributed by atoms with E-state index < -0.39 is 0 Å². The molecule has 1 N–H and O–H groups in total. The molecule has 2 fully saturated rings. The van der Waals surface area contributed by atoms with Crippen molar-refractivity contribution in [2.75, 3.05) is 33.3 Å². The fraction of sp³-hybridized carbons (Fsp3) is 0.524. The van der Waals surface area contributed by atoms with Crippen molar-refractivity contribution in [3.63, 3.8) is 0 Å². The van der Waals surface area contributed by atoms with Crippen molar-refractivity contribution in [1.29, 1.82) is 0 Å². The number of carbonyl (C=O) groups is 1. The van der Waals surface area contributed by atoms with Crippen LogP contribution in [0.25, 0.3) is 10.9 Å². The van der Waals surface area contributed by atoms with Crippen LogP contribution in [0.4, 0.5) is 0 Å². The lowest BCUT2D eigenvalue weighted by atomic mass is 9.95. The number of pyridine rings is 1. The molecule has 1 aromatic carbocycles. The first-order chi connectivity index (χ1) is 13.1. The Bertz CT molecular complexity index is 878. The molecule has 1 amide bonds. The monoisotopic (exact) mass is 369 g/mol. The molecular formula is C21H27N3O3. The van der Waals surface area contributed by atoms with E-state index >= 15 is 0 Å². The summed E-state index contributed by atoms with van der Waals surface area (Å²) in [6.07, 6.45) is 4.05. The van der Waals surface area contributed by atoms with Crippen LogP contribution in [0.3, 0.4) is 0 Å². The zero-order valence-electron chi connectivity index (χ0n) is 15.9. The van der Waals surface area contributed by atoms with Crippen LogP contribution in [-0.2, 0) is 11.3 Å². The van der Waals surface area contributed by atoms with Gasteiger partial charge in [0.05, 0.1) is 12.6 Å². The van der Waals surface area contributed by atoms with E-state index in [4.69, 9.17) is 4.74 Å². The Hall–Kier alpha value is -2.34. The van der Waals surface area contributed by atoms with Crippen LogP contribution in [0.5, 0.6) is 5.75 Å². The van der Waals surface area contributed by atoms with E-state index in [9.17, 15) is 9.59 Å². The third-order valence-corrected chi connectivity index (χ3v) is 5.88. The lowest BCUT2D eigenvalue weighted by Crippen LogP contribution is -2.41. The third kappa shape index (κ3) is 3.86. The maximum atomic E-state index is 12.6. The Morgan fingerprint density at radius 2 is 1.89 bits per heavy atom. The second-order valence-corrected chi connectivity index (χ2v) is 7.66. The Labute approximate surface area is 159 Å². The van der Waals surface area contributed by atoms with Gasteiger partial charge in [-0.3, -0.25) is 14.5 Å². The van der Waals surface area contributed by atoms with Crippen molar-refractivity contribution < 1.29 is 9.53 Å². The number of benzene rings is 1. The topological polar surface area (TPSA) is 65.6 Å². The number of H-pyrrole nitrogens is 1. The summed E-state index contributed by atoms with van der Waals surface area (Å²) in [6.45, 7) is 4.21. The highest BCUT2D eigenvalue weighted by Gasteiger charge is 2.29. The average Bonchev–Trinajstić information content (AvgIpc) is 3.23. The molecule has 144 valence electrons. The van der Waals surface area contributed by atoms with Gasteiger partial charge in [-0.05, 0) is 62.4 Å². The lowest BCUT2D eigenvalue weighted by molar-refractivity contribution is -0.136. The number of aromatic nitrogens is 1. The highest BCUT2D eigenvalue weighted by Crippen LogP contribution is 2.24. The summed E-state index contributed by atoms with van der Waals surface area (Å²) in [7, 11) is 1.62. The van der Waals surface area contributed by atoms with Crippen molar-refractivity contribution in [2.24, 2.45) is 5.92 Å². The average molecular weight is 369 g/mol. The Morgan fingerprint density at radius 3 is 2.59 bits per heavy atom. The summed E-state index contributed by atoms with van der Waals surface area (Å²) < 4.78 is 5.22. The predicted molar refractivity (Wildman–Crippen MR) is 105 cm³/mol. The van der Waals surface area contributed by atoms with Crippen molar-refractivity contribution in [3.8, 4) is 5.75 Å². The fourth-order valence-corrected chi connectivity index (χ4v) is 4.24. The largest absolute Gasteiger partial charge is 0.497 e. The first kappa shape index (κ1) is 18.0. The number of aromatic amines is 1. The van der Waals surface area contributed by atoms with Gasteiger partial charge in [0.2, 0.25) is 5.91 Å². The van der Waals surface area contributed by atoms with Crippen molar-refractivity contribution >= 4 is 16.8 Å². The first-order valence-electron chi connectivity index (χ1n) is 9.85. The molecule has 6 heteroatoms. The molecule has 0 radical (unpaired) electrons. The summed E-state index contributed by atoms with van der Waals surface area (Å²) in [5.41, 5.74) is 1.51. The molecule has 2 saturated heterocycles. The number of amides is 1. The minimum absolute atomic E-state index is 0.0500. The van der Waals surface area contributed by atoms with Gasteiger partial charge in [-0.1, -0.05) is 0 Å². The van der Waals surface area contributed by atoms with Gasteiger partial charge in [-0.2, -0.15) is 0 Å². The number of ether oxygens (including phenoxy) is 1. The molecule has 3 heterocycles. The number of nitrogens with zero attached hydrogens (tertiary/aromatic N) is 2. The van der Waals surface area contributed by atoms with Gasteiger partial charge in [0.25, 0.3) is 5.56 Å². The Kier molecular flexibility index (Phi) is 5.16. The van der Waals surface area contributed by atoms with Crippen LogP contribution in [0.2, 0.25) is 0 Å². The number of piperidine rings is 1. The van der Waals surface area contributed by atoms with Gasteiger partial charge in [-0.25, -0.2) is 0 Å². The van der Waals surface area contributed by atoms with Crippen molar-refractivity contribution in [1.82, 2.24) is 14.8 Å². The van der Waals surface area contributed by atoms with E-state index in [1.165, 1.54) is 0 Å². The smallest absolute Gasteiger partial charge is 0.252 e. The van der Waals surface area contributed by atoms with E-state index in [1.807, 2.05) is 29.2 Å². The van der Waals surface area contributed by atoms with E-state index in [0.717, 1.165) is 74.1 Å². The summed E-state index contributed by atoms with van der Waals surface area (Å²) in [4.78, 5) is 32.3. The fourth-order valence-electron chi connectivity index (χ4n) is 4.24. The molecule has 0 unspecified atom stereocenters. The highest BCUT2D eigenvalue weighted by molar-refractivity contribution is 5.80. The molecule has 1 aromatic heterocycles. The van der Waals surface area contributed by atoms with E-state index in [1.54, 1.807) is 7.11 Å². The number of methoxy groups -OCH3 is 1. The molecule has 0 aliphatic carbocycles. The number of carbonyl (C=O) groups excluding carboxylic acids is 1. The van der Waals surface area contributed by atoms with Crippen LogP contribution in [0.15, 0.2) is 29.1 Å². The SMILES string of the molecule is COc1ccc2cc(CN3CCC(C(=O)N4CCCC4)CC3)c(=O)[nH]c2c1. The minimum Gasteiger partial charge on any atom is -0.497 e. The van der Waals surface area contributed by atoms with Crippen LogP contribution in [0, 0.1) is 5.92 Å². The van der Waals surface area contributed by atoms with E-state index in [2.05, 4.69) is 9.88 Å². The van der Waals surface area contributed by atoms with Crippen LogP contribution >= 0.6 is 0 Å². The summed E-state index contributed by atoms with van der Waals surface area (Å²) in [5, 5.41) is 1.00. The van der Waals surface area contributed by atoms with Crippen molar-refractivity contribution in [2.45, 2.75) is 32.2 Å². The minimum atomic E-state index is -0.0500. The molecule has 2 aliphatic heterocycles. The molecule has 6 nitrogen and oxygen atoms in total. The summed E-state index contributed by atoms with van der Waals surface area (Å²) in [6, 6.07) is 7.68. The second kappa shape index (κ2) is 7.72. The van der Waals surface area contributed by atoms with Crippen LogP contribution in [0.1, 0.15) is 31.2 Å². The van der Waals surface area contributed by atoms with Gasteiger partial charge < -0.3 is 14.6 Å². The molecule has 0 spiro atoms. The van der Waals surface area contributed by atoms with Gasteiger partial charge in [0, 0.05) is 37.2 Å². The van der Waals surface area contributed by atoms with Crippen molar-refractivity contribution in [3.05, 3.63) is 40.2 Å². The lowest BCUT2D eigenvalue weighted by Gasteiger charge is -2.33. The number of hydrogen-bond donors (Lipinski definition) is 1. The molecule has 0 bridgehead atoms. The van der Waals surface area contributed by atoms with Gasteiger partial charge >= 0.3 is 0 Å².